The third kappa shape index (κ3) is 4.96. The fourth-order valence-electron chi connectivity index (χ4n) is 2.97. The van der Waals surface area contributed by atoms with Crippen LogP contribution in [0.2, 0.25) is 0 Å². The van der Waals surface area contributed by atoms with Crippen LogP contribution in [0, 0.1) is 0 Å². The van der Waals surface area contributed by atoms with Gasteiger partial charge in [0.2, 0.25) is 5.91 Å². The molecule has 0 atom stereocenters. The van der Waals surface area contributed by atoms with Crippen LogP contribution in [-0.4, -0.2) is 21.5 Å². The van der Waals surface area contributed by atoms with Gasteiger partial charge in [-0.3, -0.25) is 14.2 Å². The number of fused-ring (bicyclic) bond motifs is 1. The molecule has 2 aromatic heterocycles. The van der Waals surface area contributed by atoms with Crippen LogP contribution in [0.4, 0.5) is 16.2 Å². The van der Waals surface area contributed by atoms with E-state index in [0.717, 1.165) is 0 Å². The summed E-state index contributed by atoms with van der Waals surface area (Å²) in [5, 5.41) is 8.54. The zero-order valence-corrected chi connectivity index (χ0v) is 16.4. The Morgan fingerprint density at radius 2 is 1.68 bits per heavy atom. The number of benzene rings is 2. The van der Waals surface area contributed by atoms with Crippen LogP contribution < -0.4 is 21.5 Å². The number of hydrogen-bond donors (Lipinski definition) is 3. The van der Waals surface area contributed by atoms with E-state index < -0.39 is 0 Å². The highest BCUT2D eigenvalue weighted by Crippen LogP contribution is 2.14. The van der Waals surface area contributed by atoms with Crippen LogP contribution >= 0.6 is 0 Å². The van der Waals surface area contributed by atoms with Gasteiger partial charge in [-0.05, 0) is 48.5 Å². The van der Waals surface area contributed by atoms with Crippen molar-refractivity contribution in [1.29, 1.82) is 0 Å². The van der Waals surface area contributed by atoms with E-state index in [4.69, 9.17) is 4.42 Å². The minimum absolute atomic E-state index is 0.161. The van der Waals surface area contributed by atoms with Crippen molar-refractivity contribution in [2.24, 2.45) is 0 Å². The molecule has 0 spiro atoms. The largest absolute Gasteiger partial charge is 0.467 e. The summed E-state index contributed by atoms with van der Waals surface area (Å²) in [6.45, 7) is 0.113. The van der Waals surface area contributed by atoms with Gasteiger partial charge in [-0.1, -0.05) is 12.1 Å². The van der Waals surface area contributed by atoms with E-state index in [-0.39, 0.29) is 30.6 Å². The Balaban J connectivity index is 1.32. The van der Waals surface area contributed by atoms with Crippen LogP contribution in [-0.2, 0) is 17.9 Å². The van der Waals surface area contributed by atoms with Gasteiger partial charge in [-0.2, -0.15) is 0 Å². The molecule has 0 unspecified atom stereocenters. The number of rotatable bonds is 6. The number of nitrogens with zero attached hydrogens (tertiary/aromatic N) is 2. The molecule has 4 aromatic rings. The second-order valence-corrected chi connectivity index (χ2v) is 6.71. The number of anilines is 2. The molecule has 0 saturated heterocycles. The Bertz CT molecular complexity index is 1260. The van der Waals surface area contributed by atoms with Gasteiger partial charge in [-0.25, -0.2) is 9.78 Å². The van der Waals surface area contributed by atoms with E-state index in [2.05, 4.69) is 20.9 Å². The standard InChI is InChI=1S/C22H19N5O4/c28-20(13-27-14-24-19-6-2-1-5-18(19)21(27)29)25-15-7-9-16(10-8-15)26-22(30)23-12-17-4-3-11-31-17/h1-11,14H,12-13H2,(H,25,28)(H2,23,26,30). The maximum atomic E-state index is 12.5. The zero-order valence-electron chi connectivity index (χ0n) is 16.4. The average molecular weight is 417 g/mol. The number of furan rings is 1. The third-order valence-corrected chi connectivity index (χ3v) is 4.48. The number of urea groups is 1. The number of carbonyl (C=O) groups is 2. The quantitative estimate of drug-likeness (QED) is 0.446. The number of para-hydroxylation sites is 1. The van der Waals surface area contributed by atoms with Gasteiger partial charge in [-0.15, -0.1) is 0 Å². The Morgan fingerprint density at radius 1 is 0.935 bits per heavy atom. The first-order valence-electron chi connectivity index (χ1n) is 9.50. The van der Waals surface area contributed by atoms with Crippen molar-refractivity contribution in [3.05, 3.63) is 89.4 Å². The van der Waals surface area contributed by atoms with Gasteiger partial charge in [0.05, 0.1) is 30.0 Å². The predicted molar refractivity (Wildman–Crippen MR) is 116 cm³/mol. The van der Waals surface area contributed by atoms with Crippen molar-refractivity contribution in [3.63, 3.8) is 0 Å². The maximum absolute atomic E-state index is 12.5. The number of carbonyl (C=O) groups excluding carboxylic acids is 2. The van der Waals surface area contributed by atoms with Crippen molar-refractivity contribution in [3.8, 4) is 0 Å². The Morgan fingerprint density at radius 3 is 2.42 bits per heavy atom. The summed E-state index contributed by atoms with van der Waals surface area (Å²) in [6.07, 6.45) is 2.90. The van der Waals surface area contributed by atoms with E-state index in [0.29, 0.717) is 28.0 Å². The van der Waals surface area contributed by atoms with Crippen molar-refractivity contribution in [1.82, 2.24) is 14.9 Å². The summed E-state index contributed by atoms with van der Waals surface area (Å²) >= 11 is 0. The van der Waals surface area contributed by atoms with Gasteiger partial charge in [0.25, 0.3) is 5.56 Å². The number of aromatic nitrogens is 2. The molecule has 0 radical (unpaired) electrons. The lowest BCUT2D eigenvalue weighted by molar-refractivity contribution is -0.116. The van der Waals surface area contributed by atoms with Gasteiger partial charge in [0, 0.05) is 11.4 Å². The lowest BCUT2D eigenvalue weighted by Gasteiger charge is -2.10. The molecule has 0 bridgehead atoms. The van der Waals surface area contributed by atoms with E-state index in [1.807, 2.05) is 0 Å². The fourth-order valence-corrected chi connectivity index (χ4v) is 2.97. The van der Waals surface area contributed by atoms with E-state index in [1.165, 1.54) is 17.2 Å². The summed E-state index contributed by atoms with van der Waals surface area (Å²) in [7, 11) is 0. The molecule has 156 valence electrons. The molecule has 0 fully saturated rings. The monoisotopic (exact) mass is 417 g/mol. The van der Waals surface area contributed by atoms with Crippen LogP contribution in [0.25, 0.3) is 10.9 Å². The highest BCUT2D eigenvalue weighted by atomic mass is 16.3. The number of nitrogens with one attached hydrogen (secondary N) is 3. The van der Waals surface area contributed by atoms with Crippen molar-refractivity contribution in [2.75, 3.05) is 10.6 Å². The highest BCUT2D eigenvalue weighted by molar-refractivity contribution is 5.92. The van der Waals surface area contributed by atoms with Gasteiger partial charge in [0.1, 0.15) is 12.3 Å². The van der Waals surface area contributed by atoms with E-state index >= 15 is 0 Å². The molecule has 3 N–H and O–H groups in total. The van der Waals surface area contributed by atoms with Gasteiger partial charge >= 0.3 is 6.03 Å². The summed E-state index contributed by atoms with van der Waals surface area (Å²) in [6, 6.07) is 16.7. The smallest absolute Gasteiger partial charge is 0.319 e. The third-order valence-electron chi connectivity index (χ3n) is 4.48. The molecular formula is C22H19N5O4. The van der Waals surface area contributed by atoms with Gasteiger partial charge in [0.15, 0.2) is 0 Å². The highest BCUT2D eigenvalue weighted by Gasteiger charge is 2.09. The Hall–Kier alpha value is -4.40. The normalized spacial score (nSPS) is 10.6. The van der Waals surface area contributed by atoms with Gasteiger partial charge < -0.3 is 20.4 Å². The molecule has 9 nitrogen and oxygen atoms in total. The molecule has 4 rings (SSSR count). The first kappa shape index (κ1) is 19.9. The summed E-state index contributed by atoms with van der Waals surface area (Å²) in [4.78, 5) is 41.0. The van der Waals surface area contributed by atoms with Crippen molar-refractivity contribution in [2.45, 2.75) is 13.1 Å². The first-order valence-corrected chi connectivity index (χ1v) is 9.50. The summed E-state index contributed by atoms with van der Waals surface area (Å²) in [5.41, 5.74) is 1.40. The van der Waals surface area contributed by atoms with Crippen molar-refractivity contribution < 1.29 is 14.0 Å². The maximum Gasteiger partial charge on any atom is 0.319 e. The van der Waals surface area contributed by atoms with E-state index in [9.17, 15) is 14.4 Å². The van der Waals surface area contributed by atoms with Crippen LogP contribution in [0.3, 0.4) is 0 Å². The van der Waals surface area contributed by atoms with Crippen LogP contribution in [0.1, 0.15) is 5.76 Å². The Labute approximate surface area is 176 Å². The summed E-state index contributed by atoms with van der Waals surface area (Å²) in [5.74, 6) is 0.282. The van der Waals surface area contributed by atoms with E-state index in [1.54, 1.807) is 60.7 Å². The zero-order chi connectivity index (χ0) is 21.6. The lowest BCUT2D eigenvalue weighted by Crippen LogP contribution is -2.28. The summed E-state index contributed by atoms with van der Waals surface area (Å²) < 4.78 is 6.41. The molecule has 31 heavy (non-hydrogen) atoms. The molecule has 0 aliphatic carbocycles. The molecule has 0 saturated carbocycles. The average Bonchev–Trinajstić information content (AvgIpc) is 3.30. The second-order valence-electron chi connectivity index (χ2n) is 6.71. The minimum atomic E-state index is -0.378. The minimum Gasteiger partial charge on any atom is -0.467 e. The van der Waals surface area contributed by atoms with Crippen LogP contribution in [0.5, 0.6) is 0 Å². The predicted octanol–water partition coefficient (Wildman–Crippen LogP) is 2.95. The number of hydrogen-bond acceptors (Lipinski definition) is 5. The topological polar surface area (TPSA) is 118 Å². The Kier molecular flexibility index (Phi) is 5.75. The fraction of sp³-hybridized carbons (Fsp3) is 0.0909. The molecule has 9 heteroatoms. The second kappa shape index (κ2) is 8.95. The molecule has 2 heterocycles. The molecule has 2 aromatic carbocycles. The molecule has 0 aliphatic heterocycles. The molecule has 0 aliphatic rings. The first-order chi connectivity index (χ1) is 15.1. The van der Waals surface area contributed by atoms with Crippen LogP contribution in [0.15, 0.2) is 82.5 Å². The SMILES string of the molecule is O=C(Cn1cnc2ccccc2c1=O)Nc1ccc(NC(=O)NCc2ccco2)cc1. The lowest BCUT2D eigenvalue weighted by atomic mass is 10.2. The molecule has 3 amide bonds. The number of amides is 3. The molecular weight excluding hydrogens is 398 g/mol. The van der Waals surface area contributed by atoms with Crippen molar-refractivity contribution >= 4 is 34.2 Å².